The van der Waals surface area contributed by atoms with Crippen LogP contribution >= 0.6 is 12.4 Å². The number of nitrogens with one attached hydrogen (secondary N) is 1. The molecule has 1 aliphatic rings. The lowest BCUT2D eigenvalue weighted by atomic mass is 9.90. The third-order valence-electron chi connectivity index (χ3n) is 4.61. The van der Waals surface area contributed by atoms with Crippen molar-refractivity contribution in [1.82, 2.24) is 10.2 Å². The van der Waals surface area contributed by atoms with E-state index in [2.05, 4.69) is 49.3 Å². The summed E-state index contributed by atoms with van der Waals surface area (Å²) >= 11 is 0. The van der Waals surface area contributed by atoms with Gasteiger partial charge in [-0.1, -0.05) is 38.1 Å². The predicted octanol–water partition coefficient (Wildman–Crippen LogP) is 3.62. The van der Waals surface area contributed by atoms with Crippen LogP contribution in [0.25, 0.3) is 0 Å². The third kappa shape index (κ3) is 5.82. The second kappa shape index (κ2) is 9.29. The number of halogens is 1. The summed E-state index contributed by atoms with van der Waals surface area (Å²) in [6.07, 6.45) is 3.15. The molecule has 0 spiro atoms. The van der Waals surface area contributed by atoms with E-state index in [-0.39, 0.29) is 24.2 Å². The second-order valence-electron chi connectivity index (χ2n) is 7.10. The summed E-state index contributed by atoms with van der Waals surface area (Å²) in [6.45, 7) is 8.62. The molecule has 0 unspecified atom stereocenters. The molecule has 0 aliphatic carbocycles. The zero-order valence-electron chi connectivity index (χ0n) is 14.8. The minimum Gasteiger partial charge on any atom is -0.353 e. The monoisotopic (exact) mass is 338 g/mol. The van der Waals surface area contributed by atoms with Crippen molar-refractivity contribution in [3.05, 3.63) is 35.4 Å². The summed E-state index contributed by atoms with van der Waals surface area (Å²) < 4.78 is 0. The van der Waals surface area contributed by atoms with Crippen molar-refractivity contribution in [3.8, 4) is 0 Å². The Morgan fingerprint density at radius 2 is 1.83 bits per heavy atom. The lowest BCUT2D eigenvalue weighted by Gasteiger charge is -2.30. The van der Waals surface area contributed by atoms with Crippen molar-refractivity contribution >= 4 is 18.3 Å². The van der Waals surface area contributed by atoms with Gasteiger partial charge in [-0.15, -0.1) is 12.4 Å². The molecule has 1 heterocycles. The Morgan fingerprint density at radius 1 is 1.22 bits per heavy atom. The number of piperidine rings is 1. The molecule has 1 saturated heterocycles. The van der Waals surface area contributed by atoms with E-state index in [0.717, 1.165) is 32.4 Å². The number of rotatable bonds is 5. The van der Waals surface area contributed by atoms with E-state index in [1.165, 1.54) is 11.1 Å². The molecule has 130 valence electrons. The van der Waals surface area contributed by atoms with Crippen LogP contribution in [0.3, 0.4) is 0 Å². The lowest BCUT2D eigenvalue weighted by Crippen LogP contribution is -2.44. The van der Waals surface area contributed by atoms with E-state index >= 15 is 0 Å². The highest BCUT2D eigenvalue weighted by atomic mass is 35.5. The number of carbonyl (C=O) groups excluding carboxylic acids is 1. The van der Waals surface area contributed by atoms with Gasteiger partial charge in [-0.3, -0.25) is 4.79 Å². The van der Waals surface area contributed by atoms with Crippen LogP contribution in [0, 0.1) is 5.92 Å². The van der Waals surface area contributed by atoms with Gasteiger partial charge in [0.2, 0.25) is 5.91 Å². The summed E-state index contributed by atoms with van der Waals surface area (Å²) in [5, 5.41) is 3.25. The highest BCUT2D eigenvalue weighted by Crippen LogP contribution is 2.23. The van der Waals surface area contributed by atoms with E-state index in [1.54, 1.807) is 0 Å². The van der Waals surface area contributed by atoms with Crippen molar-refractivity contribution in [1.29, 1.82) is 0 Å². The van der Waals surface area contributed by atoms with Gasteiger partial charge in [-0.2, -0.15) is 0 Å². The van der Waals surface area contributed by atoms with E-state index in [1.807, 2.05) is 13.0 Å². The zero-order chi connectivity index (χ0) is 16.1. The van der Waals surface area contributed by atoms with Crippen LogP contribution in [-0.4, -0.2) is 37.0 Å². The smallest absolute Gasteiger partial charge is 0.227 e. The average molecular weight is 339 g/mol. The van der Waals surface area contributed by atoms with Crippen molar-refractivity contribution in [2.75, 3.05) is 20.1 Å². The first-order valence-electron chi connectivity index (χ1n) is 8.54. The molecular formula is C19H31ClN2O. The van der Waals surface area contributed by atoms with Crippen molar-refractivity contribution in [3.63, 3.8) is 0 Å². The van der Waals surface area contributed by atoms with Crippen LogP contribution in [0.2, 0.25) is 0 Å². The number of nitrogens with zero attached hydrogens (tertiary/aromatic N) is 1. The van der Waals surface area contributed by atoms with Crippen molar-refractivity contribution in [2.45, 2.75) is 52.0 Å². The summed E-state index contributed by atoms with van der Waals surface area (Å²) in [4.78, 5) is 14.9. The Balaban J connectivity index is 0.00000264. The van der Waals surface area contributed by atoms with E-state index in [9.17, 15) is 4.79 Å². The van der Waals surface area contributed by atoms with Gasteiger partial charge in [-0.25, -0.2) is 0 Å². The number of carbonyl (C=O) groups is 1. The zero-order valence-corrected chi connectivity index (χ0v) is 15.7. The van der Waals surface area contributed by atoms with E-state index in [4.69, 9.17) is 0 Å². The molecule has 23 heavy (non-hydrogen) atoms. The lowest BCUT2D eigenvalue weighted by molar-refractivity contribution is -0.123. The molecule has 0 saturated carbocycles. The van der Waals surface area contributed by atoms with Crippen LogP contribution < -0.4 is 5.32 Å². The first kappa shape index (κ1) is 20.0. The van der Waals surface area contributed by atoms with E-state index in [0.29, 0.717) is 12.0 Å². The van der Waals surface area contributed by atoms with Gasteiger partial charge in [0.15, 0.2) is 0 Å². The van der Waals surface area contributed by atoms with Gasteiger partial charge in [0.1, 0.15) is 0 Å². The number of hydrogen-bond donors (Lipinski definition) is 1. The first-order valence-corrected chi connectivity index (χ1v) is 8.54. The second-order valence-corrected chi connectivity index (χ2v) is 7.10. The predicted molar refractivity (Wildman–Crippen MR) is 99.3 cm³/mol. The van der Waals surface area contributed by atoms with Gasteiger partial charge in [-0.05, 0) is 63.4 Å². The summed E-state index contributed by atoms with van der Waals surface area (Å²) in [6, 6.07) is 8.72. The van der Waals surface area contributed by atoms with Crippen molar-refractivity contribution in [2.24, 2.45) is 5.92 Å². The summed E-state index contributed by atoms with van der Waals surface area (Å²) in [7, 11) is 2.14. The Hall–Kier alpha value is -1.06. The van der Waals surface area contributed by atoms with Gasteiger partial charge in [0.05, 0.1) is 5.92 Å². The number of benzene rings is 1. The fraction of sp³-hybridized carbons (Fsp3) is 0.632. The normalized spacial score (nSPS) is 17.6. The molecule has 1 aromatic rings. The standard InChI is InChI=1S/C19H30N2O.ClH/c1-14(2)13-16-7-5-6-8-18(16)15(3)19(22)20-17-9-11-21(4)12-10-17;/h5-8,14-15,17H,9-13H2,1-4H3,(H,20,22);1H/t15-;/m1./s1. The highest BCUT2D eigenvalue weighted by Gasteiger charge is 2.23. The van der Waals surface area contributed by atoms with Crippen molar-refractivity contribution < 1.29 is 4.79 Å². The Labute approximate surface area is 147 Å². The third-order valence-corrected chi connectivity index (χ3v) is 4.61. The fourth-order valence-electron chi connectivity index (χ4n) is 3.20. The molecule has 0 radical (unpaired) electrons. The molecule has 2 rings (SSSR count). The molecule has 1 aromatic carbocycles. The molecule has 1 aliphatic heterocycles. The molecule has 0 aromatic heterocycles. The van der Waals surface area contributed by atoms with Crippen LogP contribution in [0.1, 0.15) is 50.7 Å². The summed E-state index contributed by atoms with van der Waals surface area (Å²) in [5.41, 5.74) is 2.49. The maximum absolute atomic E-state index is 12.6. The largest absolute Gasteiger partial charge is 0.353 e. The Bertz CT molecular complexity index is 496. The van der Waals surface area contributed by atoms with E-state index < -0.39 is 0 Å². The molecule has 1 fully saturated rings. The number of hydrogen-bond acceptors (Lipinski definition) is 2. The average Bonchev–Trinajstić information content (AvgIpc) is 2.49. The van der Waals surface area contributed by atoms with Crippen LogP contribution in [0.5, 0.6) is 0 Å². The highest BCUT2D eigenvalue weighted by molar-refractivity contribution is 5.85. The van der Waals surface area contributed by atoms with Gasteiger partial charge < -0.3 is 10.2 Å². The maximum atomic E-state index is 12.6. The molecular weight excluding hydrogens is 308 g/mol. The SMILES string of the molecule is CC(C)Cc1ccccc1[C@@H](C)C(=O)NC1CCN(C)CC1.Cl. The fourth-order valence-corrected chi connectivity index (χ4v) is 3.20. The topological polar surface area (TPSA) is 32.3 Å². The van der Waals surface area contributed by atoms with Gasteiger partial charge in [0, 0.05) is 6.04 Å². The molecule has 1 N–H and O–H groups in total. The Morgan fingerprint density at radius 3 is 2.43 bits per heavy atom. The van der Waals surface area contributed by atoms with Crippen LogP contribution in [-0.2, 0) is 11.2 Å². The molecule has 1 amide bonds. The van der Waals surface area contributed by atoms with Gasteiger partial charge in [0.25, 0.3) is 0 Å². The quantitative estimate of drug-likeness (QED) is 0.889. The first-order chi connectivity index (χ1) is 10.5. The number of likely N-dealkylation sites (tertiary alicyclic amines) is 1. The minimum atomic E-state index is -0.0744. The number of amides is 1. The Kier molecular flexibility index (Phi) is 8.07. The molecule has 0 bridgehead atoms. The van der Waals surface area contributed by atoms with Crippen LogP contribution in [0.4, 0.5) is 0 Å². The molecule has 4 heteroatoms. The summed E-state index contributed by atoms with van der Waals surface area (Å²) in [5.74, 6) is 0.700. The molecule has 3 nitrogen and oxygen atoms in total. The molecule has 1 atom stereocenters. The van der Waals surface area contributed by atoms with Crippen LogP contribution in [0.15, 0.2) is 24.3 Å². The minimum absolute atomic E-state index is 0. The maximum Gasteiger partial charge on any atom is 0.227 e. The van der Waals surface area contributed by atoms with Gasteiger partial charge >= 0.3 is 0 Å².